The maximum atomic E-state index is 12.2. The van der Waals surface area contributed by atoms with Gasteiger partial charge in [0.2, 0.25) is 5.89 Å². The van der Waals surface area contributed by atoms with Gasteiger partial charge < -0.3 is 23.4 Å². The highest BCUT2D eigenvalue weighted by Gasteiger charge is 2.18. The molecule has 0 saturated carbocycles. The van der Waals surface area contributed by atoms with Crippen molar-refractivity contribution in [1.82, 2.24) is 10.2 Å². The highest BCUT2D eigenvalue weighted by Crippen LogP contribution is 2.31. The Morgan fingerprint density at radius 3 is 2.43 bits per heavy atom. The summed E-state index contributed by atoms with van der Waals surface area (Å²) < 4.78 is 26.7. The summed E-state index contributed by atoms with van der Waals surface area (Å²) in [6.07, 6.45) is 2.18. The highest BCUT2D eigenvalue weighted by atomic mass is 16.6. The molecule has 0 radical (unpaired) electrons. The van der Waals surface area contributed by atoms with Crippen molar-refractivity contribution in [3.8, 4) is 28.7 Å². The van der Waals surface area contributed by atoms with Crippen molar-refractivity contribution < 1.29 is 28.2 Å². The van der Waals surface area contributed by atoms with E-state index >= 15 is 0 Å². The first-order valence-corrected chi connectivity index (χ1v) is 9.13. The third-order valence-electron chi connectivity index (χ3n) is 4.25. The largest absolute Gasteiger partial charge is 0.497 e. The maximum absolute atomic E-state index is 12.2. The smallest absolute Gasteiger partial charge is 0.331 e. The van der Waals surface area contributed by atoms with E-state index in [4.69, 9.17) is 23.4 Å². The van der Waals surface area contributed by atoms with Crippen LogP contribution >= 0.6 is 0 Å². The fraction of sp³-hybridized carbons (Fsp3) is 0.227. The number of methoxy groups -OCH3 is 3. The lowest BCUT2D eigenvalue weighted by Crippen LogP contribution is -2.06. The predicted octanol–water partition coefficient (Wildman–Crippen LogP) is 4.08. The fourth-order valence-electron chi connectivity index (χ4n) is 2.71. The Morgan fingerprint density at radius 1 is 1.00 bits per heavy atom. The number of para-hydroxylation sites is 1. The quantitative estimate of drug-likeness (QED) is 0.405. The molecule has 0 fully saturated rings. The van der Waals surface area contributed by atoms with Crippen LogP contribution in [0.5, 0.6) is 17.2 Å². The van der Waals surface area contributed by atoms with Crippen LogP contribution in [0, 0.1) is 0 Å². The molecule has 0 spiro atoms. The van der Waals surface area contributed by atoms with E-state index in [1.54, 1.807) is 69.7 Å². The normalized spacial score (nSPS) is 11.9. The van der Waals surface area contributed by atoms with Gasteiger partial charge in [0.15, 0.2) is 17.6 Å². The van der Waals surface area contributed by atoms with Gasteiger partial charge in [-0.25, -0.2) is 4.79 Å². The highest BCUT2D eigenvalue weighted by molar-refractivity contribution is 5.88. The average molecular weight is 410 g/mol. The molecule has 1 aromatic heterocycles. The third-order valence-corrected chi connectivity index (χ3v) is 4.25. The van der Waals surface area contributed by atoms with E-state index < -0.39 is 12.1 Å². The van der Waals surface area contributed by atoms with Crippen LogP contribution in [0.2, 0.25) is 0 Å². The molecule has 0 unspecified atom stereocenters. The van der Waals surface area contributed by atoms with Crippen LogP contribution in [0.1, 0.15) is 24.5 Å². The standard InChI is InChI=1S/C22H22N2O6/c1-14(21-23-24-22(30-21)16-8-11-17(26-2)12-9-16)29-19(25)13-10-15-6-5-7-18(27-3)20(15)28-4/h5-14H,1-4H3/b13-10+/t14-/m1/s1. The Bertz CT molecular complexity index is 1030. The molecule has 0 aliphatic rings. The van der Waals surface area contributed by atoms with E-state index in [1.165, 1.54) is 13.2 Å². The van der Waals surface area contributed by atoms with Crippen molar-refractivity contribution >= 4 is 12.0 Å². The number of ether oxygens (including phenoxy) is 4. The van der Waals surface area contributed by atoms with Crippen molar-refractivity contribution in [3.63, 3.8) is 0 Å². The molecule has 0 N–H and O–H groups in total. The van der Waals surface area contributed by atoms with E-state index in [-0.39, 0.29) is 5.89 Å². The first-order valence-electron chi connectivity index (χ1n) is 9.13. The first-order chi connectivity index (χ1) is 14.5. The van der Waals surface area contributed by atoms with Gasteiger partial charge in [0.1, 0.15) is 5.75 Å². The molecule has 8 heteroatoms. The van der Waals surface area contributed by atoms with Crippen LogP contribution in [0.4, 0.5) is 0 Å². The maximum Gasteiger partial charge on any atom is 0.331 e. The monoisotopic (exact) mass is 410 g/mol. The molecule has 30 heavy (non-hydrogen) atoms. The summed E-state index contributed by atoms with van der Waals surface area (Å²) in [4.78, 5) is 12.2. The van der Waals surface area contributed by atoms with Gasteiger partial charge in [-0.05, 0) is 43.3 Å². The molecule has 0 aliphatic carbocycles. The lowest BCUT2D eigenvalue weighted by Gasteiger charge is -2.10. The molecular weight excluding hydrogens is 388 g/mol. The van der Waals surface area contributed by atoms with Gasteiger partial charge in [-0.2, -0.15) is 0 Å². The zero-order chi connectivity index (χ0) is 21.5. The van der Waals surface area contributed by atoms with Crippen LogP contribution < -0.4 is 14.2 Å². The number of esters is 1. The minimum absolute atomic E-state index is 0.196. The van der Waals surface area contributed by atoms with E-state index in [0.717, 1.165) is 11.3 Å². The molecule has 1 atom stereocenters. The second-order valence-electron chi connectivity index (χ2n) is 6.17. The molecule has 2 aromatic carbocycles. The van der Waals surface area contributed by atoms with Crippen molar-refractivity contribution in [2.24, 2.45) is 0 Å². The molecule has 0 bridgehead atoms. The number of rotatable bonds is 8. The van der Waals surface area contributed by atoms with Crippen molar-refractivity contribution in [3.05, 3.63) is 60.0 Å². The summed E-state index contributed by atoms with van der Waals surface area (Å²) in [6.45, 7) is 1.66. The minimum Gasteiger partial charge on any atom is -0.497 e. The van der Waals surface area contributed by atoms with Gasteiger partial charge in [0.05, 0.1) is 21.3 Å². The Balaban J connectivity index is 1.66. The Labute approximate surface area is 174 Å². The SMILES string of the molecule is COc1ccc(-c2nnc([C@@H](C)OC(=O)/C=C/c3cccc(OC)c3OC)o2)cc1. The Hall–Kier alpha value is -3.81. The summed E-state index contributed by atoms with van der Waals surface area (Å²) in [7, 11) is 4.67. The zero-order valence-electron chi connectivity index (χ0n) is 17.1. The van der Waals surface area contributed by atoms with Crippen molar-refractivity contribution in [1.29, 1.82) is 0 Å². The summed E-state index contributed by atoms with van der Waals surface area (Å²) >= 11 is 0. The Kier molecular flexibility index (Phi) is 6.69. The van der Waals surface area contributed by atoms with Gasteiger partial charge in [-0.15, -0.1) is 10.2 Å². The summed E-state index contributed by atoms with van der Waals surface area (Å²) in [5.41, 5.74) is 1.42. The number of carbonyl (C=O) groups is 1. The fourth-order valence-corrected chi connectivity index (χ4v) is 2.71. The Morgan fingerprint density at radius 2 is 1.77 bits per heavy atom. The molecule has 3 rings (SSSR count). The molecule has 156 valence electrons. The number of carbonyl (C=O) groups excluding carboxylic acids is 1. The first kappa shape index (κ1) is 20.9. The molecule has 8 nitrogen and oxygen atoms in total. The number of aromatic nitrogens is 2. The van der Waals surface area contributed by atoms with E-state index in [1.807, 2.05) is 0 Å². The van der Waals surface area contributed by atoms with E-state index in [9.17, 15) is 4.79 Å². The second-order valence-corrected chi connectivity index (χ2v) is 6.17. The number of hydrogen-bond acceptors (Lipinski definition) is 8. The predicted molar refractivity (Wildman–Crippen MR) is 109 cm³/mol. The minimum atomic E-state index is -0.714. The van der Waals surface area contributed by atoms with Crippen molar-refractivity contribution in [2.75, 3.05) is 21.3 Å². The van der Waals surface area contributed by atoms with Gasteiger partial charge in [-0.3, -0.25) is 0 Å². The van der Waals surface area contributed by atoms with Gasteiger partial charge >= 0.3 is 5.97 Å². The van der Waals surface area contributed by atoms with Crippen molar-refractivity contribution in [2.45, 2.75) is 13.0 Å². The molecule has 0 amide bonds. The zero-order valence-corrected chi connectivity index (χ0v) is 17.1. The summed E-state index contributed by atoms with van der Waals surface area (Å²) in [5, 5.41) is 7.98. The summed E-state index contributed by atoms with van der Waals surface area (Å²) in [5.74, 6) is 1.78. The topological polar surface area (TPSA) is 92.9 Å². The average Bonchev–Trinajstić information content (AvgIpc) is 3.27. The molecule has 0 aliphatic heterocycles. The molecule has 3 aromatic rings. The second kappa shape index (κ2) is 9.60. The number of benzene rings is 2. The summed E-state index contributed by atoms with van der Waals surface area (Å²) in [6, 6.07) is 12.6. The number of nitrogens with zero attached hydrogens (tertiary/aromatic N) is 2. The lowest BCUT2D eigenvalue weighted by molar-refractivity contribution is -0.143. The molecule has 1 heterocycles. The van der Waals surface area contributed by atoms with E-state index in [0.29, 0.717) is 23.0 Å². The van der Waals surface area contributed by atoms with Crippen LogP contribution in [0.15, 0.2) is 53.0 Å². The third kappa shape index (κ3) is 4.78. The van der Waals surface area contributed by atoms with Gasteiger partial charge in [0.25, 0.3) is 5.89 Å². The van der Waals surface area contributed by atoms with Crippen LogP contribution in [-0.4, -0.2) is 37.5 Å². The van der Waals surface area contributed by atoms with Crippen LogP contribution in [0.25, 0.3) is 17.5 Å². The molecule has 0 saturated heterocycles. The van der Waals surface area contributed by atoms with E-state index in [2.05, 4.69) is 10.2 Å². The van der Waals surface area contributed by atoms with Crippen LogP contribution in [0.3, 0.4) is 0 Å². The lowest BCUT2D eigenvalue weighted by atomic mass is 10.1. The van der Waals surface area contributed by atoms with Gasteiger partial charge in [0, 0.05) is 17.2 Å². The molecular formula is C22H22N2O6. The number of hydrogen-bond donors (Lipinski definition) is 0. The van der Waals surface area contributed by atoms with Gasteiger partial charge in [-0.1, -0.05) is 12.1 Å². The van der Waals surface area contributed by atoms with Crippen LogP contribution in [-0.2, 0) is 9.53 Å².